The molecule has 0 aliphatic carbocycles. The Balaban J connectivity index is 0.00000208. The standard InChI is InChI=1S/C17H14F3N3.ClH/c1-2-13(19)16-8-15(22-17(21)23-16)11-5-6-14(20)12-7-9(18)3-4-10(11)12;/h3-8,13H,2H2,1H3,(H2,21,22,23);1H. The molecule has 0 saturated carbocycles. The van der Waals surface area contributed by atoms with Crippen LogP contribution in [0.4, 0.5) is 19.1 Å². The van der Waals surface area contributed by atoms with E-state index in [2.05, 4.69) is 9.97 Å². The monoisotopic (exact) mass is 353 g/mol. The van der Waals surface area contributed by atoms with Gasteiger partial charge in [0.2, 0.25) is 5.95 Å². The number of hydrogen-bond acceptors (Lipinski definition) is 3. The van der Waals surface area contributed by atoms with Crippen molar-refractivity contribution >= 4 is 29.1 Å². The Morgan fingerprint density at radius 2 is 1.79 bits per heavy atom. The first-order valence-electron chi connectivity index (χ1n) is 7.16. The van der Waals surface area contributed by atoms with E-state index in [4.69, 9.17) is 5.73 Å². The van der Waals surface area contributed by atoms with Crippen molar-refractivity contribution < 1.29 is 13.2 Å². The van der Waals surface area contributed by atoms with Gasteiger partial charge in [-0.15, -0.1) is 12.4 Å². The van der Waals surface area contributed by atoms with Gasteiger partial charge in [-0.3, -0.25) is 0 Å². The Morgan fingerprint density at radius 1 is 1.04 bits per heavy atom. The first-order chi connectivity index (χ1) is 11.0. The third-order valence-corrected chi connectivity index (χ3v) is 3.64. The van der Waals surface area contributed by atoms with E-state index in [9.17, 15) is 13.2 Å². The minimum absolute atomic E-state index is 0. The molecule has 1 heterocycles. The second-order valence-corrected chi connectivity index (χ2v) is 5.20. The molecule has 3 rings (SSSR count). The predicted molar refractivity (Wildman–Crippen MR) is 90.7 cm³/mol. The summed E-state index contributed by atoms with van der Waals surface area (Å²) >= 11 is 0. The van der Waals surface area contributed by atoms with Gasteiger partial charge in [0.25, 0.3) is 0 Å². The highest BCUT2D eigenvalue weighted by Gasteiger charge is 2.15. The van der Waals surface area contributed by atoms with E-state index in [-0.39, 0.29) is 35.9 Å². The van der Waals surface area contributed by atoms with Crippen LogP contribution in [-0.2, 0) is 0 Å². The summed E-state index contributed by atoms with van der Waals surface area (Å²) in [4.78, 5) is 8.01. The van der Waals surface area contributed by atoms with E-state index in [0.717, 1.165) is 6.07 Å². The van der Waals surface area contributed by atoms with E-state index in [1.54, 1.807) is 6.92 Å². The fourth-order valence-electron chi connectivity index (χ4n) is 2.50. The second-order valence-electron chi connectivity index (χ2n) is 5.20. The lowest BCUT2D eigenvalue weighted by molar-refractivity contribution is 0.327. The van der Waals surface area contributed by atoms with Crippen molar-refractivity contribution in [2.45, 2.75) is 19.5 Å². The molecule has 0 aliphatic rings. The Hall–Kier alpha value is -2.34. The number of nitrogens with zero attached hydrogens (tertiary/aromatic N) is 2. The number of halogens is 4. The maximum absolute atomic E-state index is 13.9. The fourth-order valence-corrected chi connectivity index (χ4v) is 2.50. The molecule has 0 aliphatic heterocycles. The van der Waals surface area contributed by atoms with Crippen LogP contribution in [0.15, 0.2) is 36.4 Å². The minimum Gasteiger partial charge on any atom is -0.368 e. The van der Waals surface area contributed by atoms with Crippen LogP contribution in [-0.4, -0.2) is 9.97 Å². The molecule has 126 valence electrons. The van der Waals surface area contributed by atoms with Crippen molar-refractivity contribution in [1.29, 1.82) is 0 Å². The third-order valence-electron chi connectivity index (χ3n) is 3.64. The molecule has 0 fully saturated rings. The molecule has 1 aromatic heterocycles. The molecule has 1 unspecified atom stereocenters. The predicted octanol–water partition coefficient (Wildman–Crippen LogP) is 5.00. The summed E-state index contributed by atoms with van der Waals surface area (Å²) < 4.78 is 41.2. The van der Waals surface area contributed by atoms with Gasteiger partial charge < -0.3 is 5.73 Å². The summed E-state index contributed by atoms with van der Waals surface area (Å²) in [7, 11) is 0. The van der Waals surface area contributed by atoms with Crippen molar-refractivity contribution in [2.75, 3.05) is 5.73 Å². The zero-order valence-electron chi connectivity index (χ0n) is 12.8. The number of benzene rings is 2. The van der Waals surface area contributed by atoms with Gasteiger partial charge in [0.1, 0.15) is 17.8 Å². The molecule has 0 spiro atoms. The molecule has 24 heavy (non-hydrogen) atoms. The van der Waals surface area contributed by atoms with Crippen LogP contribution in [0.25, 0.3) is 22.0 Å². The highest BCUT2D eigenvalue weighted by molar-refractivity contribution is 5.96. The van der Waals surface area contributed by atoms with Crippen molar-refractivity contribution in [3.63, 3.8) is 0 Å². The smallest absolute Gasteiger partial charge is 0.220 e. The molecule has 1 atom stereocenters. The lowest BCUT2D eigenvalue weighted by Gasteiger charge is -2.11. The zero-order valence-corrected chi connectivity index (χ0v) is 13.6. The van der Waals surface area contributed by atoms with Gasteiger partial charge in [0, 0.05) is 10.9 Å². The van der Waals surface area contributed by atoms with E-state index in [0.29, 0.717) is 16.6 Å². The maximum atomic E-state index is 13.9. The van der Waals surface area contributed by atoms with Gasteiger partial charge in [-0.1, -0.05) is 13.0 Å². The number of nitrogen functional groups attached to an aromatic ring is 1. The summed E-state index contributed by atoms with van der Waals surface area (Å²) in [5.74, 6) is -1.14. The fraction of sp³-hybridized carbons (Fsp3) is 0.176. The van der Waals surface area contributed by atoms with Gasteiger partial charge in [-0.25, -0.2) is 23.1 Å². The van der Waals surface area contributed by atoms with Gasteiger partial charge >= 0.3 is 0 Å². The quantitative estimate of drug-likeness (QED) is 0.721. The second kappa shape index (κ2) is 7.05. The van der Waals surface area contributed by atoms with Crippen LogP contribution < -0.4 is 5.73 Å². The topological polar surface area (TPSA) is 51.8 Å². The number of nitrogens with two attached hydrogens (primary N) is 1. The third kappa shape index (κ3) is 3.28. The molecule has 0 amide bonds. The van der Waals surface area contributed by atoms with Gasteiger partial charge in [-0.05, 0) is 42.1 Å². The summed E-state index contributed by atoms with van der Waals surface area (Å²) in [6.45, 7) is 1.69. The zero-order chi connectivity index (χ0) is 16.6. The number of anilines is 1. The Bertz CT molecular complexity index is 886. The van der Waals surface area contributed by atoms with Gasteiger partial charge in [0.05, 0.1) is 11.4 Å². The molecule has 2 N–H and O–H groups in total. The molecule has 0 radical (unpaired) electrons. The molecule has 3 nitrogen and oxygen atoms in total. The van der Waals surface area contributed by atoms with Crippen LogP contribution in [0, 0.1) is 11.6 Å². The Kier molecular flexibility index (Phi) is 5.29. The summed E-state index contributed by atoms with van der Waals surface area (Å²) in [6.07, 6.45) is -1.01. The average molecular weight is 354 g/mol. The molecule has 7 heteroatoms. The number of fused-ring (bicyclic) bond motifs is 1. The van der Waals surface area contributed by atoms with Crippen LogP contribution in [0.5, 0.6) is 0 Å². The molecular formula is C17H15ClF3N3. The molecular weight excluding hydrogens is 339 g/mol. The van der Waals surface area contributed by atoms with Crippen molar-refractivity contribution in [1.82, 2.24) is 9.97 Å². The first kappa shape index (κ1) is 18.0. The molecule has 3 aromatic rings. The summed E-state index contributed by atoms with van der Waals surface area (Å²) in [6, 6.07) is 8.04. The highest BCUT2D eigenvalue weighted by atomic mass is 35.5. The average Bonchev–Trinajstić information content (AvgIpc) is 2.54. The first-order valence-corrected chi connectivity index (χ1v) is 7.16. The largest absolute Gasteiger partial charge is 0.368 e. The number of hydrogen-bond donors (Lipinski definition) is 1. The molecule has 0 bridgehead atoms. The Morgan fingerprint density at radius 3 is 2.50 bits per heavy atom. The van der Waals surface area contributed by atoms with E-state index < -0.39 is 17.8 Å². The minimum atomic E-state index is -1.26. The lowest BCUT2D eigenvalue weighted by Crippen LogP contribution is -2.03. The normalized spacial score (nSPS) is 12.0. The van der Waals surface area contributed by atoms with Crippen LogP contribution in [0.1, 0.15) is 25.2 Å². The highest BCUT2D eigenvalue weighted by Crippen LogP contribution is 2.32. The van der Waals surface area contributed by atoms with Crippen molar-refractivity contribution in [3.05, 3.63) is 53.7 Å². The maximum Gasteiger partial charge on any atom is 0.220 e. The lowest BCUT2D eigenvalue weighted by atomic mass is 10.0. The Labute approximate surface area is 143 Å². The molecule has 0 saturated heterocycles. The molecule has 2 aromatic carbocycles. The van der Waals surface area contributed by atoms with E-state index in [1.807, 2.05) is 0 Å². The van der Waals surface area contributed by atoms with Crippen LogP contribution >= 0.6 is 12.4 Å². The number of alkyl halides is 1. The van der Waals surface area contributed by atoms with Crippen molar-refractivity contribution in [2.24, 2.45) is 0 Å². The van der Waals surface area contributed by atoms with Crippen molar-refractivity contribution in [3.8, 4) is 11.3 Å². The van der Waals surface area contributed by atoms with Gasteiger partial charge in [-0.2, -0.15) is 0 Å². The van der Waals surface area contributed by atoms with E-state index >= 15 is 0 Å². The SMILES string of the molecule is CCC(F)c1cc(-c2ccc(F)c3cc(F)ccc23)nc(N)n1.Cl. The van der Waals surface area contributed by atoms with Crippen LogP contribution in [0.2, 0.25) is 0 Å². The number of aromatic nitrogens is 2. The van der Waals surface area contributed by atoms with Crippen LogP contribution in [0.3, 0.4) is 0 Å². The summed E-state index contributed by atoms with van der Waals surface area (Å²) in [5, 5.41) is 0.607. The van der Waals surface area contributed by atoms with E-state index in [1.165, 1.54) is 30.3 Å². The number of rotatable bonds is 3. The van der Waals surface area contributed by atoms with Gasteiger partial charge in [0.15, 0.2) is 0 Å². The summed E-state index contributed by atoms with van der Waals surface area (Å²) in [5.41, 5.74) is 6.76.